The molecule has 9 rings (SSSR count). The summed E-state index contributed by atoms with van der Waals surface area (Å²) >= 11 is 3.45. The lowest BCUT2D eigenvalue weighted by atomic mass is 9.53. The molecule has 1 aromatic heterocycles. The number of aliphatic hydroxyl groups excluding tert-OH is 1. The molecule has 0 spiro atoms. The van der Waals surface area contributed by atoms with E-state index in [0.717, 1.165) is 74.9 Å². The van der Waals surface area contributed by atoms with Gasteiger partial charge in [-0.15, -0.1) is 11.3 Å². The average Bonchev–Trinajstić information content (AvgIpc) is 3.50. The molecule has 3 N–H and O–H groups in total. The summed E-state index contributed by atoms with van der Waals surface area (Å²) in [5, 5.41) is 16.1. The zero-order chi connectivity index (χ0) is 32.0. The monoisotopic (exact) mass is 669 g/mol. The Labute approximate surface area is 284 Å². The molecule has 1 saturated heterocycles. The minimum Gasteiger partial charge on any atom is -0.392 e. The lowest BCUT2D eigenvalue weighted by Crippen LogP contribution is -2.61. The molecule has 47 heavy (non-hydrogen) atoms. The fourth-order valence-corrected chi connectivity index (χ4v) is 11.2. The molecule has 9 heteroatoms. The number of carbonyl (C=O) groups excluding carboxylic acids is 1. The molecule has 4 saturated carbocycles. The number of urea groups is 1. The van der Waals surface area contributed by atoms with Crippen LogP contribution in [0.5, 0.6) is 0 Å². The highest BCUT2D eigenvalue weighted by molar-refractivity contribution is 8.01. The van der Waals surface area contributed by atoms with Crippen molar-refractivity contribution in [3.8, 4) is 0 Å². The molecule has 4 unspecified atom stereocenters. The minimum absolute atomic E-state index is 0.00625. The Morgan fingerprint density at radius 2 is 1.57 bits per heavy atom. The van der Waals surface area contributed by atoms with E-state index < -0.39 is 6.29 Å². The van der Waals surface area contributed by atoms with Gasteiger partial charge in [0, 0.05) is 29.3 Å². The van der Waals surface area contributed by atoms with Crippen LogP contribution in [0.15, 0.2) is 77.1 Å². The van der Waals surface area contributed by atoms with Gasteiger partial charge in [-0.1, -0.05) is 79.3 Å². The van der Waals surface area contributed by atoms with Gasteiger partial charge in [0.1, 0.15) is 0 Å². The van der Waals surface area contributed by atoms with E-state index >= 15 is 0 Å². The van der Waals surface area contributed by atoms with Gasteiger partial charge >= 0.3 is 6.03 Å². The van der Waals surface area contributed by atoms with Crippen LogP contribution in [0.4, 0.5) is 4.79 Å². The molecule has 3 aromatic carbocycles. The second-order valence-electron chi connectivity index (χ2n) is 14.3. The van der Waals surface area contributed by atoms with Crippen molar-refractivity contribution < 1.29 is 19.4 Å². The number of fused-ring (bicyclic) bond motifs is 1. The molecule has 7 nitrogen and oxygen atoms in total. The van der Waals surface area contributed by atoms with Gasteiger partial charge < -0.3 is 25.2 Å². The number of aliphatic hydroxyl groups is 1. The van der Waals surface area contributed by atoms with Crippen molar-refractivity contribution in [2.24, 2.45) is 23.7 Å². The average molecular weight is 670 g/mol. The van der Waals surface area contributed by atoms with Gasteiger partial charge in [0.2, 0.25) is 0 Å². The number of para-hydroxylation sites is 1. The van der Waals surface area contributed by atoms with E-state index in [1.165, 1.54) is 24.0 Å². The van der Waals surface area contributed by atoms with Gasteiger partial charge in [0.05, 0.1) is 29.0 Å². The third-order valence-corrected chi connectivity index (χ3v) is 13.2. The fraction of sp³-hybridized carbons (Fsp3) is 0.474. The first-order chi connectivity index (χ1) is 22.9. The number of benzene rings is 3. The lowest BCUT2D eigenvalue weighted by molar-refractivity contribution is -0.268. The highest BCUT2D eigenvalue weighted by atomic mass is 32.2. The summed E-state index contributed by atoms with van der Waals surface area (Å²) in [6, 6.07) is 24.4. The Hall–Kier alpha value is -2.95. The molecular weight excluding hydrogens is 627 g/mol. The minimum atomic E-state index is -0.531. The Balaban J connectivity index is 0.935. The molecule has 4 atom stereocenters. The first kappa shape index (κ1) is 31.3. The van der Waals surface area contributed by atoms with Crippen LogP contribution >= 0.6 is 23.1 Å². The maximum atomic E-state index is 13.0. The number of rotatable bonds is 9. The fourth-order valence-electron chi connectivity index (χ4n) is 8.90. The van der Waals surface area contributed by atoms with E-state index in [4.69, 9.17) is 14.5 Å². The van der Waals surface area contributed by atoms with Crippen LogP contribution in [0.2, 0.25) is 0 Å². The van der Waals surface area contributed by atoms with E-state index in [1.54, 1.807) is 23.1 Å². The van der Waals surface area contributed by atoms with Gasteiger partial charge in [0.15, 0.2) is 10.6 Å². The van der Waals surface area contributed by atoms with Crippen LogP contribution in [-0.4, -0.2) is 33.5 Å². The molecule has 5 fully saturated rings. The number of nitrogens with one attached hydrogen (secondary N) is 2. The number of hydrogen-bond acceptors (Lipinski definition) is 7. The van der Waals surface area contributed by atoms with Crippen LogP contribution in [0.3, 0.4) is 0 Å². The number of nitrogens with zero attached hydrogens (tertiary/aromatic N) is 1. The maximum absolute atomic E-state index is 13.0. The molecule has 2 heterocycles. The van der Waals surface area contributed by atoms with E-state index in [-0.39, 0.29) is 36.3 Å². The van der Waals surface area contributed by atoms with E-state index in [0.29, 0.717) is 6.54 Å². The van der Waals surface area contributed by atoms with Crippen LogP contribution < -0.4 is 10.6 Å². The third-order valence-electron chi connectivity index (χ3n) is 10.9. The standard InChI is InChI=1S/C38H43N3O4S2/c1-23-32(22-46-37-40-31-4-2-3-5-33(31)47-37)44-35(45-34(23)29-10-8-25(21-42)9-11-29)30-12-6-24(7-13-30)20-39-36(43)41-38-17-26-14-27(18-38)16-28(15-26)19-38/h2-13,23,26-28,32,34-35,42H,14-22H2,1H3,(H2,39,41,43). The summed E-state index contributed by atoms with van der Waals surface area (Å²) in [6.07, 6.45) is 6.76. The van der Waals surface area contributed by atoms with Crippen LogP contribution in [0, 0.1) is 23.7 Å². The van der Waals surface area contributed by atoms with E-state index in [1.807, 2.05) is 18.2 Å². The summed E-state index contributed by atoms with van der Waals surface area (Å²) in [5.74, 6) is 3.25. The lowest BCUT2D eigenvalue weighted by Gasteiger charge is -2.56. The van der Waals surface area contributed by atoms with Crippen molar-refractivity contribution in [3.63, 3.8) is 0 Å². The number of aromatic nitrogens is 1. The molecule has 0 radical (unpaired) electrons. The van der Waals surface area contributed by atoms with Crippen LogP contribution in [0.25, 0.3) is 10.2 Å². The summed E-state index contributed by atoms with van der Waals surface area (Å²) < 4.78 is 15.6. The van der Waals surface area contributed by atoms with Crippen molar-refractivity contribution in [2.45, 2.75) is 87.0 Å². The number of ether oxygens (including phenoxy) is 2. The van der Waals surface area contributed by atoms with Crippen LogP contribution in [-0.2, 0) is 22.6 Å². The smallest absolute Gasteiger partial charge is 0.315 e. The zero-order valence-corrected chi connectivity index (χ0v) is 28.4. The van der Waals surface area contributed by atoms with Crippen molar-refractivity contribution >= 4 is 39.3 Å². The number of amides is 2. The summed E-state index contributed by atoms with van der Waals surface area (Å²) in [7, 11) is 0. The highest BCUT2D eigenvalue weighted by Gasteiger charge is 2.51. The third kappa shape index (κ3) is 6.70. The molecule has 246 valence electrons. The quantitative estimate of drug-likeness (QED) is 0.156. The Morgan fingerprint density at radius 1 is 0.915 bits per heavy atom. The SMILES string of the molecule is CC1C(CSc2nc3ccccc3s2)OC(c2ccc(CNC(=O)NC34CC5CC(CC(C5)C3)C4)cc2)OC1c1ccc(CO)cc1. The van der Waals surface area contributed by atoms with Crippen molar-refractivity contribution in [1.29, 1.82) is 0 Å². The number of thioether (sulfide) groups is 1. The number of thiazole rings is 1. The second-order valence-corrected chi connectivity index (χ2v) is 16.6. The largest absolute Gasteiger partial charge is 0.392 e. The number of carbonyl (C=O) groups is 1. The molecule has 4 aliphatic carbocycles. The Morgan fingerprint density at radius 3 is 2.26 bits per heavy atom. The second kappa shape index (κ2) is 13.2. The maximum Gasteiger partial charge on any atom is 0.315 e. The molecule has 2 amide bonds. The van der Waals surface area contributed by atoms with Crippen molar-refractivity contribution in [1.82, 2.24) is 15.6 Å². The van der Waals surface area contributed by atoms with Gasteiger partial charge in [0.25, 0.3) is 0 Å². The number of hydrogen-bond donors (Lipinski definition) is 3. The summed E-state index contributed by atoms with van der Waals surface area (Å²) in [6.45, 7) is 2.68. The van der Waals surface area contributed by atoms with E-state index in [2.05, 4.69) is 72.2 Å². The van der Waals surface area contributed by atoms with Gasteiger partial charge in [-0.3, -0.25) is 0 Å². The predicted molar refractivity (Wildman–Crippen MR) is 186 cm³/mol. The first-order valence-electron chi connectivity index (χ1n) is 17.1. The molecule has 5 aliphatic rings. The molecule has 1 aliphatic heterocycles. The van der Waals surface area contributed by atoms with E-state index in [9.17, 15) is 9.90 Å². The van der Waals surface area contributed by atoms with Crippen LogP contribution in [0.1, 0.15) is 80.1 Å². The first-order valence-corrected chi connectivity index (χ1v) is 18.9. The molecule has 4 bridgehead atoms. The topological polar surface area (TPSA) is 92.7 Å². The van der Waals surface area contributed by atoms with Gasteiger partial charge in [-0.05, 0) is 85.1 Å². The predicted octanol–water partition coefficient (Wildman–Crippen LogP) is 8.14. The normalized spacial score (nSPS) is 31.2. The van der Waals surface area contributed by atoms with Gasteiger partial charge in [-0.25, -0.2) is 9.78 Å². The van der Waals surface area contributed by atoms with Gasteiger partial charge in [-0.2, -0.15) is 0 Å². The highest BCUT2D eigenvalue weighted by Crippen LogP contribution is 2.55. The summed E-state index contributed by atoms with van der Waals surface area (Å²) in [4.78, 5) is 17.9. The van der Waals surface area contributed by atoms with Crippen molar-refractivity contribution in [3.05, 3.63) is 95.1 Å². The molecule has 4 aromatic rings. The van der Waals surface area contributed by atoms with Crippen molar-refractivity contribution in [2.75, 3.05) is 5.75 Å². The Kier molecular flexibility index (Phi) is 8.77. The summed E-state index contributed by atoms with van der Waals surface area (Å²) in [5.41, 5.74) is 4.98. The zero-order valence-electron chi connectivity index (χ0n) is 26.8. The Bertz CT molecular complexity index is 1640. The molecular formula is C38H43N3O4S2.